The second-order valence-electron chi connectivity index (χ2n) is 4.58. The van der Waals surface area contributed by atoms with Crippen LogP contribution in [0.2, 0.25) is 0 Å². The molecule has 2 N–H and O–H groups in total. The smallest absolute Gasteiger partial charge is 0.302 e. The first-order chi connectivity index (χ1) is 9.15. The molecule has 4 heteroatoms. The standard InChI is InChI=1S/C15H15N3O/c1-10-6-8-11(9-7-10)18(2)15-17-14-12(16)4-3-5-13(14)19-15/h3-9H,16H2,1-2H3. The van der Waals surface area contributed by atoms with Crippen molar-refractivity contribution in [3.63, 3.8) is 0 Å². The normalized spacial score (nSPS) is 10.8. The van der Waals surface area contributed by atoms with Crippen molar-refractivity contribution in [2.75, 3.05) is 17.7 Å². The third kappa shape index (κ3) is 2.01. The van der Waals surface area contributed by atoms with E-state index in [4.69, 9.17) is 10.2 Å². The number of nitrogens with two attached hydrogens (primary N) is 1. The first kappa shape index (κ1) is 11.6. The van der Waals surface area contributed by atoms with E-state index in [1.807, 2.05) is 42.3 Å². The minimum Gasteiger partial charge on any atom is -0.423 e. The molecule has 2 aromatic carbocycles. The zero-order valence-electron chi connectivity index (χ0n) is 10.9. The lowest BCUT2D eigenvalue weighted by molar-refractivity contribution is 0.603. The summed E-state index contributed by atoms with van der Waals surface area (Å²) in [6, 6.07) is 14.3. The maximum atomic E-state index is 5.89. The fourth-order valence-corrected chi connectivity index (χ4v) is 1.98. The van der Waals surface area contributed by atoms with Gasteiger partial charge in [0, 0.05) is 12.7 Å². The Morgan fingerprint density at radius 3 is 2.53 bits per heavy atom. The van der Waals surface area contributed by atoms with Crippen molar-refractivity contribution in [2.24, 2.45) is 0 Å². The molecule has 0 saturated carbocycles. The van der Waals surface area contributed by atoms with Crippen LogP contribution in [0.15, 0.2) is 46.9 Å². The molecule has 96 valence electrons. The number of hydrogen-bond acceptors (Lipinski definition) is 4. The predicted molar refractivity (Wildman–Crippen MR) is 77.7 cm³/mol. The summed E-state index contributed by atoms with van der Waals surface area (Å²) in [5.41, 5.74) is 10.2. The van der Waals surface area contributed by atoms with E-state index < -0.39 is 0 Å². The first-order valence-electron chi connectivity index (χ1n) is 6.10. The molecule has 0 atom stereocenters. The lowest BCUT2D eigenvalue weighted by atomic mass is 10.2. The molecule has 0 radical (unpaired) electrons. The van der Waals surface area contributed by atoms with E-state index >= 15 is 0 Å². The molecule has 4 nitrogen and oxygen atoms in total. The maximum Gasteiger partial charge on any atom is 0.302 e. The molecule has 3 rings (SSSR count). The van der Waals surface area contributed by atoms with Crippen molar-refractivity contribution < 1.29 is 4.42 Å². The summed E-state index contributed by atoms with van der Waals surface area (Å²) in [6.45, 7) is 2.06. The van der Waals surface area contributed by atoms with Gasteiger partial charge in [0.1, 0.15) is 5.52 Å². The number of hydrogen-bond donors (Lipinski definition) is 1. The first-order valence-corrected chi connectivity index (χ1v) is 6.10. The van der Waals surface area contributed by atoms with Crippen LogP contribution < -0.4 is 10.6 Å². The fourth-order valence-electron chi connectivity index (χ4n) is 1.98. The lowest BCUT2D eigenvalue weighted by Gasteiger charge is -2.14. The number of nitrogen functional groups attached to an aromatic ring is 1. The number of para-hydroxylation sites is 1. The number of oxazole rings is 1. The molecule has 1 heterocycles. The van der Waals surface area contributed by atoms with Gasteiger partial charge in [-0.2, -0.15) is 4.98 Å². The van der Waals surface area contributed by atoms with Gasteiger partial charge in [0.15, 0.2) is 5.58 Å². The molecule has 0 aliphatic rings. The van der Waals surface area contributed by atoms with Crippen molar-refractivity contribution in [3.05, 3.63) is 48.0 Å². The molecule has 19 heavy (non-hydrogen) atoms. The SMILES string of the molecule is Cc1ccc(N(C)c2nc3c(N)cccc3o2)cc1. The van der Waals surface area contributed by atoms with E-state index in [1.165, 1.54) is 5.56 Å². The minimum absolute atomic E-state index is 0.539. The second-order valence-corrected chi connectivity index (χ2v) is 4.58. The predicted octanol–water partition coefficient (Wildman–Crippen LogP) is 3.49. The van der Waals surface area contributed by atoms with Gasteiger partial charge in [0.25, 0.3) is 0 Å². The molecule has 0 amide bonds. The Labute approximate surface area is 111 Å². The highest BCUT2D eigenvalue weighted by atomic mass is 16.4. The van der Waals surface area contributed by atoms with Crippen LogP contribution in [-0.2, 0) is 0 Å². The second kappa shape index (κ2) is 4.31. The van der Waals surface area contributed by atoms with Gasteiger partial charge < -0.3 is 10.2 Å². The van der Waals surface area contributed by atoms with Crippen molar-refractivity contribution in [3.8, 4) is 0 Å². The van der Waals surface area contributed by atoms with Crippen LogP contribution in [0.5, 0.6) is 0 Å². The summed E-state index contributed by atoms with van der Waals surface area (Å²) in [7, 11) is 1.92. The molecule has 0 aliphatic heterocycles. The number of fused-ring (bicyclic) bond motifs is 1. The van der Waals surface area contributed by atoms with Crippen LogP contribution >= 0.6 is 0 Å². The lowest BCUT2D eigenvalue weighted by Crippen LogP contribution is -2.09. The van der Waals surface area contributed by atoms with Crippen LogP contribution in [0, 0.1) is 6.92 Å². The highest BCUT2D eigenvalue weighted by Crippen LogP contribution is 2.29. The molecule has 0 aliphatic carbocycles. The molecule has 0 bridgehead atoms. The number of nitrogens with zero attached hydrogens (tertiary/aromatic N) is 2. The average molecular weight is 253 g/mol. The van der Waals surface area contributed by atoms with Gasteiger partial charge in [-0.3, -0.25) is 4.90 Å². The van der Waals surface area contributed by atoms with Crippen molar-refractivity contribution >= 4 is 28.5 Å². The zero-order chi connectivity index (χ0) is 13.4. The number of benzene rings is 2. The van der Waals surface area contributed by atoms with Gasteiger partial charge in [-0.15, -0.1) is 0 Å². The van der Waals surface area contributed by atoms with Gasteiger partial charge in [-0.25, -0.2) is 0 Å². The largest absolute Gasteiger partial charge is 0.423 e. The summed E-state index contributed by atoms with van der Waals surface area (Å²) in [6.07, 6.45) is 0. The van der Waals surface area contributed by atoms with Crippen LogP contribution in [0.4, 0.5) is 17.4 Å². The molecule has 0 unspecified atom stereocenters. The van der Waals surface area contributed by atoms with Crippen LogP contribution in [-0.4, -0.2) is 12.0 Å². The van der Waals surface area contributed by atoms with Gasteiger partial charge in [0.05, 0.1) is 5.69 Å². The van der Waals surface area contributed by atoms with Crippen molar-refractivity contribution in [1.29, 1.82) is 0 Å². The Hall–Kier alpha value is -2.49. The van der Waals surface area contributed by atoms with Crippen molar-refractivity contribution in [1.82, 2.24) is 4.98 Å². The molecular formula is C15H15N3O. The van der Waals surface area contributed by atoms with E-state index in [-0.39, 0.29) is 0 Å². The molecule has 0 saturated heterocycles. The average Bonchev–Trinajstić information content (AvgIpc) is 2.84. The maximum absolute atomic E-state index is 5.89. The van der Waals surface area contributed by atoms with Gasteiger partial charge >= 0.3 is 6.01 Å². The number of anilines is 3. The number of rotatable bonds is 2. The minimum atomic E-state index is 0.539. The third-order valence-corrected chi connectivity index (χ3v) is 3.15. The molecule has 0 spiro atoms. The summed E-state index contributed by atoms with van der Waals surface area (Å²) in [5.74, 6) is 0. The highest BCUT2D eigenvalue weighted by Gasteiger charge is 2.13. The summed E-state index contributed by atoms with van der Waals surface area (Å²) >= 11 is 0. The Kier molecular flexibility index (Phi) is 2.63. The quantitative estimate of drug-likeness (QED) is 0.710. The third-order valence-electron chi connectivity index (χ3n) is 3.15. The summed E-state index contributed by atoms with van der Waals surface area (Å²) in [5, 5.41) is 0. The monoisotopic (exact) mass is 253 g/mol. The van der Waals surface area contributed by atoms with E-state index in [9.17, 15) is 0 Å². The number of aryl methyl sites for hydroxylation is 1. The van der Waals surface area contributed by atoms with Crippen LogP contribution in [0.1, 0.15) is 5.56 Å². The molecule has 0 fully saturated rings. The molecule has 3 aromatic rings. The van der Waals surface area contributed by atoms with Gasteiger partial charge in [-0.1, -0.05) is 23.8 Å². The summed E-state index contributed by atoms with van der Waals surface area (Å²) < 4.78 is 5.73. The van der Waals surface area contributed by atoms with E-state index in [0.717, 1.165) is 5.69 Å². The van der Waals surface area contributed by atoms with E-state index in [0.29, 0.717) is 22.8 Å². The zero-order valence-corrected chi connectivity index (χ0v) is 10.9. The van der Waals surface area contributed by atoms with E-state index in [2.05, 4.69) is 24.0 Å². The Bertz CT molecular complexity index is 716. The Morgan fingerprint density at radius 2 is 1.84 bits per heavy atom. The highest BCUT2D eigenvalue weighted by molar-refractivity contribution is 5.86. The fraction of sp³-hybridized carbons (Fsp3) is 0.133. The molecular weight excluding hydrogens is 238 g/mol. The Morgan fingerprint density at radius 1 is 1.11 bits per heavy atom. The van der Waals surface area contributed by atoms with Gasteiger partial charge in [-0.05, 0) is 31.2 Å². The van der Waals surface area contributed by atoms with E-state index in [1.54, 1.807) is 0 Å². The Balaban J connectivity index is 2.04. The van der Waals surface area contributed by atoms with Crippen LogP contribution in [0.25, 0.3) is 11.1 Å². The molecule has 1 aromatic heterocycles. The van der Waals surface area contributed by atoms with Crippen LogP contribution in [0.3, 0.4) is 0 Å². The number of aromatic nitrogens is 1. The summed E-state index contributed by atoms with van der Waals surface area (Å²) in [4.78, 5) is 6.35. The van der Waals surface area contributed by atoms with Crippen molar-refractivity contribution in [2.45, 2.75) is 6.92 Å². The van der Waals surface area contributed by atoms with Gasteiger partial charge in [0.2, 0.25) is 0 Å². The topological polar surface area (TPSA) is 55.3 Å².